The summed E-state index contributed by atoms with van der Waals surface area (Å²) in [6.45, 7) is 1.15. The standard InChI is InChI=1S/C15H19N3OS/c19-10-12-5-7-13(8-6-12)11-20-15-17-16-14-4-2-1-3-9-18(14)15/h5-8,19H,1-4,9-11H2. The number of aliphatic hydroxyl groups excluding tert-OH is 1. The molecule has 1 N–H and O–H groups in total. The van der Waals surface area contributed by atoms with Crippen LogP contribution in [0.4, 0.5) is 0 Å². The highest BCUT2D eigenvalue weighted by Crippen LogP contribution is 2.24. The van der Waals surface area contributed by atoms with Crippen LogP contribution in [0.25, 0.3) is 0 Å². The quantitative estimate of drug-likeness (QED) is 0.879. The molecular weight excluding hydrogens is 270 g/mol. The van der Waals surface area contributed by atoms with E-state index in [9.17, 15) is 0 Å². The van der Waals surface area contributed by atoms with Gasteiger partial charge < -0.3 is 9.67 Å². The number of hydrogen-bond donors (Lipinski definition) is 1. The van der Waals surface area contributed by atoms with Crippen LogP contribution in [0.2, 0.25) is 0 Å². The summed E-state index contributed by atoms with van der Waals surface area (Å²) in [6, 6.07) is 8.08. The first-order valence-corrected chi connectivity index (χ1v) is 8.09. The molecule has 0 aliphatic carbocycles. The summed E-state index contributed by atoms with van der Waals surface area (Å²) in [4.78, 5) is 0. The van der Waals surface area contributed by atoms with Gasteiger partial charge in [0.25, 0.3) is 0 Å². The zero-order chi connectivity index (χ0) is 13.8. The first kappa shape index (κ1) is 13.6. The van der Waals surface area contributed by atoms with Crippen molar-refractivity contribution >= 4 is 11.8 Å². The SMILES string of the molecule is OCc1ccc(CSc2nnc3n2CCCCC3)cc1. The van der Waals surface area contributed by atoms with Crippen molar-refractivity contribution in [1.82, 2.24) is 14.8 Å². The van der Waals surface area contributed by atoms with Gasteiger partial charge in [0.05, 0.1) is 6.61 Å². The molecule has 0 atom stereocenters. The van der Waals surface area contributed by atoms with Gasteiger partial charge in [-0.1, -0.05) is 42.4 Å². The van der Waals surface area contributed by atoms with Crippen molar-refractivity contribution in [2.45, 2.75) is 49.7 Å². The minimum atomic E-state index is 0.102. The second kappa shape index (κ2) is 6.41. The molecule has 0 spiro atoms. The summed E-state index contributed by atoms with van der Waals surface area (Å²) in [6.07, 6.45) is 4.80. The molecule has 20 heavy (non-hydrogen) atoms. The lowest BCUT2D eigenvalue weighted by atomic mass is 10.2. The van der Waals surface area contributed by atoms with Crippen LogP contribution in [0.1, 0.15) is 36.2 Å². The van der Waals surface area contributed by atoms with E-state index in [0.29, 0.717) is 0 Å². The molecule has 0 saturated heterocycles. The highest BCUT2D eigenvalue weighted by atomic mass is 32.2. The number of aliphatic hydroxyl groups is 1. The van der Waals surface area contributed by atoms with E-state index in [1.54, 1.807) is 11.8 Å². The van der Waals surface area contributed by atoms with E-state index in [0.717, 1.165) is 35.3 Å². The number of aromatic nitrogens is 3. The molecule has 1 aliphatic heterocycles. The fourth-order valence-corrected chi connectivity index (χ4v) is 3.39. The van der Waals surface area contributed by atoms with Gasteiger partial charge in [-0.3, -0.25) is 0 Å². The highest BCUT2D eigenvalue weighted by Gasteiger charge is 2.14. The molecule has 0 radical (unpaired) electrons. The molecule has 5 heteroatoms. The third-order valence-corrected chi connectivity index (χ3v) is 4.69. The van der Waals surface area contributed by atoms with Crippen molar-refractivity contribution in [1.29, 1.82) is 0 Å². The van der Waals surface area contributed by atoms with Crippen LogP contribution in [-0.2, 0) is 25.3 Å². The van der Waals surface area contributed by atoms with E-state index in [1.165, 1.54) is 24.8 Å². The Morgan fingerprint density at radius 3 is 2.65 bits per heavy atom. The van der Waals surface area contributed by atoms with Crippen molar-refractivity contribution < 1.29 is 5.11 Å². The normalized spacial score (nSPS) is 14.8. The zero-order valence-electron chi connectivity index (χ0n) is 11.5. The molecule has 0 bridgehead atoms. The number of benzene rings is 1. The highest BCUT2D eigenvalue weighted by molar-refractivity contribution is 7.98. The Labute approximate surface area is 123 Å². The molecule has 106 valence electrons. The van der Waals surface area contributed by atoms with Crippen molar-refractivity contribution in [3.8, 4) is 0 Å². The first-order chi connectivity index (χ1) is 9.86. The monoisotopic (exact) mass is 289 g/mol. The van der Waals surface area contributed by atoms with E-state index < -0.39 is 0 Å². The van der Waals surface area contributed by atoms with Crippen LogP contribution in [-0.4, -0.2) is 19.9 Å². The van der Waals surface area contributed by atoms with Gasteiger partial charge in [-0.15, -0.1) is 10.2 Å². The Morgan fingerprint density at radius 2 is 1.85 bits per heavy atom. The Morgan fingerprint density at radius 1 is 1.05 bits per heavy atom. The topological polar surface area (TPSA) is 50.9 Å². The molecular formula is C15H19N3OS. The number of aryl methyl sites for hydroxylation is 1. The molecule has 1 aromatic carbocycles. The average Bonchev–Trinajstić information content (AvgIpc) is 2.72. The predicted molar refractivity (Wildman–Crippen MR) is 79.5 cm³/mol. The van der Waals surface area contributed by atoms with Gasteiger partial charge in [-0.25, -0.2) is 0 Å². The van der Waals surface area contributed by atoms with Gasteiger partial charge >= 0.3 is 0 Å². The summed E-state index contributed by atoms with van der Waals surface area (Å²) in [5, 5.41) is 18.7. The smallest absolute Gasteiger partial charge is 0.191 e. The fourth-order valence-electron chi connectivity index (χ4n) is 2.45. The first-order valence-electron chi connectivity index (χ1n) is 7.10. The number of rotatable bonds is 4. The van der Waals surface area contributed by atoms with Crippen LogP contribution in [0.5, 0.6) is 0 Å². The van der Waals surface area contributed by atoms with Crippen molar-refractivity contribution in [3.63, 3.8) is 0 Å². The van der Waals surface area contributed by atoms with E-state index in [4.69, 9.17) is 5.11 Å². The maximum Gasteiger partial charge on any atom is 0.191 e. The molecule has 0 amide bonds. The largest absolute Gasteiger partial charge is 0.392 e. The van der Waals surface area contributed by atoms with Gasteiger partial charge in [0, 0.05) is 18.7 Å². The molecule has 0 unspecified atom stereocenters. The van der Waals surface area contributed by atoms with Crippen LogP contribution >= 0.6 is 11.8 Å². The number of hydrogen-bond acceptors (Lipinski definition) is 4. The maximum absolute atomic E-state index is 9.04. The minimum Gasteiger partial charge on any atom is -0.392 e. The summed E-state index contributed by atoms with van der Waals surface area (Å²) >= 11 is 1.74. The van der Waals surface area contributed by atoms with Crippen LogP contribution in [0.3, 0.4) is 0 Å². The lowest BCUT2D eigenvalue weighted by Crippen LogP contribution is -2.02. The van der Waals surface area contributed by atoms with Crippen LogP contribution < -0.4 is 0 Å². The molecule has 3 rings (SSSR count). The summed E-state index contributed by atoms with van der Waals surface area (Å²) < 4.78 is 2.28. The summed E-state index contributed by atoms with van der Waals surface area (Å²) in [5.41, 5.74) is 2.20. The third-order valence-electron chi connectivity index (χ3n) is 3.65. The van der Waals surface area contributed by atoms with Gasteiger partial charge in [0.15, 0.2) is 5.16 Å². The summed E-state index contributed by atoms with van der Waals surface area (Å²) in [5.74, 6) is 2.03. The van der Waals surface area contributed by atoms with E-state index in [1.807, 2.05) is 12.1 Å². The van der Waals surface area contributed by atoms with Gasteiger partial charge in [0.2, 0.25) is 0 Å². The molecule has 1 aliphatic rings. The fraction of sp³-hybridized carbons (Fsp3) is 0.467. The second-order valence-corrected chi connectivity index (χ2v) is 6.07. The lowest BCUT2D eigenvalue weighted by molar-refractivity contribution is 0.282. The number of fused-ring (bicyclic) bond motifs is 1. The maximum atomic E-state index is 9.04. The minimum absolute atomic E-state index is 0.102. The second-order valence-electron chi connectivity index (χ2n) is 5.12. The third kappa shape index (κ3) is 3.04. The molecule has 2 heterocycles. The van der Waals surface area contributed by atoms with Gasteiger partial charge in [0.1, 0.15) is 5.82 Å². The van der Waals surface area contributed by atoms with E-state index in [-0.39, 0.29) is 6.61 Å². The van der Waals surface area contributed by atoms with Gasteiger partial charge in [-0.2, -0.15) is 0 Å². The Balaban J connectivity index is 1.67. The molecule has 0 fully saturated rings. The Bertz CT molecular complexity index is 565. The Kier molecular flexibility index (Phi) is 4.38. The van der Waals surface area contributed by atoms with Crippen molar-refractivity contribution in [2.75, 3.05) is 0 Å². The Hall–Kier alpha value is -1.33. The van der Waals surface area contributed by atoms with Crippen LogP contribution in [0, 0.1) is 0 Å². The molecule has 0 saturated carbocycles. The van der Waals surface area contributed by atoms with Gasteiger partial charge in [-0.05, 0) is 24.0 Å². The predicted octanol–water partition coefficient (Wildman–Crippen LogP) is 2.79. The van der Waals surface area contributed by atoms with Crippen molar-refractivity contribution in [2.24, 2.45) is 0 Å². The summed E-state index contributed by atoms with van der Waals surface area (Å²) in [7, 11) is 0. The zero-order valence-corrected chi connectivity index (χ0v) is 12.3. The van der Waals surface area contributed by atoms with E-state index >= 15 is 0 Å². The van der Waals surface area contributed by atoms with Crippen LogP contribution in [0.15, 0.2) is 29.4 Å². The molecule has 2 aromatic rings. The number of nitrogens with zero attached hydrogens (tertiary/aromatic N) is 3. The molecule has 4 nitrogen and oxygen atoms in total. The molecule has 1 aromatic heterocycles. The van der Waals surface area contributed by atoms with E-state index in [2.05, 4.69) is 26.9 Å². The lowest BCUT2D eigenvalue weighted by Gasteiger charge is -2.06. The number of thioether (sulfide) groups is 1. The average molecular weight is 289 g/mol. The van der Waals surface area contributed by atoms with Crippen molar-refractivity contribution in [3.05, 3.63) is 41.2 Å².